The van der Waals surface area contributed by atoms with Crippen LogP contribution in [-0.2, 0) is 0 Å². The maximum absolute atomic E-state index is 11.8. The normalized spacial score (nSPS) is 9.76. The second-order valence-electron chi connectivity index (χ2n) is 3.87. The summed E-state index contributed by atoms with van der Waals surface area (Å²) in [5.41, 5.74) is 0.158. The Kier molecular flexibility index (Phi) is 4.30. The zero-order valence-corrected chi connectivity index (χ0v) is 11.0. The molecule has 0 saturated carbocycles. The van der Waals surface area contributed by atoms with Gasteiger partial charge < -0.3 is 15.2 Å². The Morgan fingerprint density at radius 2 is 1.95 bits per heavy atom. The topological polar surface area (TPSA) is 113 Å². The lowest BCUT2D eigenvalue weighted by Gasteiger charge is -2.09. The molecule has 0 bridgehead atoms. The molecule has 2 rings (SSSR count). The van der Waals surface area contributed by atoms with Crippen LogP contribution in [0.15, 0.2) is 36.7 Å². The number of anilines is 2. The van der Waals surface area contributed by atoms with E-state index in [4.69, 9.17) is 9.84 Å². The quantitative estimate of drug-likeness (QED) is 0.791. The van der Waals surface area contributed by atoms with Gasteiger partial charge in [-0.3, -0.25) is 5.32 Å². The fraction of sp³-hybridized carbons (Fsp3) is 0.0769. The van der Waals surface area contributed by atoms with Crippen molar-refractivity contribution in [3.63, 3.8) is 0 Å². The molecule has 2 amide bonds. The van der Waals surface area contributed by atoms with E-state index in [-0.39, 0.29) is 11.5 Å². The van der Waals surface area contributed by atoms with Crippen LogP contribution in [0.2, 0.25) is 0 Å². The summed E-state index contributed by atoms with van der Waals surface area (Å²) in [6.45, 7) is 0. The fourth-order valence-corrected chi connectivity index (χ4v) is 1.56. The van der Waals surface area contributed by atoms with E-state index in [1.165, 1.54) is 19.5 Å². The first-order valence-corrected chi connectivity index (χ1v) is 5.86. The second kappa shape index (κ2) is 6.33. The number of carboxylic acid groups (broad SMARTS) is 1. The Morgan fingerprint density at radius 3 is 2.67 bits per heavy atom. The second-order valence-corrected chi connectivity index (χ2v) is 3.87. The van der Waals surface area contributed by atoms with Crippen molar-refractivity contribution < 1.29 is 19.4 Å². The molecule has 0 atom stereocenters. The highest BCUT2D eigenvalue weighted by Gasteiger charge is 2.15. The van der Waals surface area contributed by atoms with Crippen LogP contribution in [0.5, 0.6) is 5.75 Å². The number of carboxylic acids is 1. The smallest absolute Gasteiger partial charge is 0.358 e. The third-order valence-corrected chi connectivity index (χ3v) is 2.46. The number of carbonyl (C=O) groups excluding carboxylic acids is 1. The molecule has 0 unspecified atom stereocenters. The molecule has 0 fully saturated rings. The number of benzene rings is 1. The first-order chi connectivity index (χ1) is 10.1. The number of hydrogen-bond donors (Lipinski definition) is 3. The van der Waals surface area contributed by atoms with Crippen LogP contribution in [0.1, 0.15) is 10.5 Å². The maximum Gasteiger partial charge on any atom is 0.358 e. The van der Waals surface area contributed by atoms with Gasteiger partial charge in [0.05, 0.1) is 7.11 Å². The number of amides is 2. The third kappa shape index (κ3) is 3.66. The van der Waals surface area contributed by atoms with E-state index >= 15 is 0 Å². The number of nitrogens with zero attached hydrogens (tertiary/aromatic N) is 2. The molecule has 8 nitrogen and oxygen atoms in total. The highest BCUT2D eigenvalue weighted by Crippen LogP contribution is 2.17. The Balaban J connectivity index is 2.10. The first-order valence-electron chi connectivity index (χ1n) is 5.86. The number of ether oxygens (including phenoxy) is 1. The molecule has 0 aliphatic rings. The van der Waals surface area contributed by atoms with Gasteiger partial charge in [-0.1, -0.05) is 6.07 Å². The van der Waals surface area contributed by atoms with Crippen molar-refractivity contribution in [1.29, 1.82) is 0 Å². The van der Waals surface area contributed by atoms with Gasteiger partial charge in [0.1, 0.15) is 5.75 Å². The lowest BCUT2D eigenvalue weighted by atomic mass is 10.3. The van der Waals surface area contributed by atoms with Crippen molar-refractivity contribution in [2.45, 2.75) is 0 Å². The van der Waals surface area contributed by atoms with Crippen molar-refractivity contribution in [1.82, 2.24) is 9.97 Å². The predicted molar refractivity (Wildman–Crippen MR) is 74.6 cm³/mol. The van der Waals surface area contributed by atoms with Gasteiger partial charge in [-0.15, -0.1) is 0 Å². The lowest BCUT2D eigenvalue weighted by Crippen LogP contribution is -2.22. The molecule has 0 saturated heterocycles. The van der Waals surface area contributed by atoms with E-state index in [2.05, 4.69) is 20.6 Å². The Bertz CT molecular complexity index is 675. The summed E-state index contributed by atoms with van der Waals surface area (Å²) >= 11 is 0. The average molecular weight is 288 g/mol. The fourth-order valence-electron chi connectivity index (χ4n) is 1.56. The largest absolute Gasteiger partial charge is 0.497 e. The van der Waals surface area contributed by atoms with Gasteiger partial charge >= 0.3 is 12.0 Å². The number of carbonyl (C=O) groups is 2. The molecule has 8 heteroatoms. The number of hydrogen-bond acceptors (Lipinski definition) is 5. The lowest BCUT2D eigenvalue weighted by molar-refractivity contribution is 0.0691. The van der Waals surface area contributed by atoms with Crippen LogP contribution in [0.4, 0.5) is 16.3 Å². The van der Waals surface area contributed by atoms with Gasteiger partial charge in [-0.2, -0.15) is 0 Å². The summed E-state index contributed by atoms with van der Waals surface area (Å²) in [7, 11) is 1.51. The van der Waals surface area contributed by atoms with Crippen LogP contribution < -0.4 is 15.4 Å². The van der Waals surface area contributed by atoms with Crippen molar-refractivity contribution >= 4 is 23.5 Å². The number of aromatic carboxylic acids is 1. The van der Waals surface area contributed by atoms with Crippen molar-refractivity contribution in [2.24, 2.45) is 0 Å². The molecule has 3 N–H and O–H groups in total. The molecule has 21 heavy (non-hydrogen) atoms. The summed E-state index contributed by atoms with van der Waals surface area (Å²) < 4.78 is 5.03. The zero-order valence-electron chi connectivity index (χ0n) is 11.0. The summed E-state index contributed by atoms with van der Waals surface area (Å²) in [6.07, 6.45) is 2.52. The highest BCUT2D eigenvalue weighted by molar-refractivity contribution is 6.02. The number of nitrogens with one attached hydrogen (secondary N) is 2. The van der Waals surface area contributed by atoms with E-state index in [9.17, 15) is 9.59 Å². The van der Waals surface area contributed by atoms with Crippen LogP contribution in [0.3, 0.4) is 0 Å². The van der Waals surface area contributed by atoms with Crippen LogP contribution in [0.25, 0.3) is 0 Å². The van der Waals surface area contributed by atoms with Gasteiger partial charge in [0.15, 0.2) is 11.5 Å². The van der Waals surface area contributed by atoms with Crippen LogP contribution in [-0.4, -0.2) is 34.2 Å². The van der Waals surface area contributed by atoms with Gasteiger partial charge in [-0.25, -0.2) is 19.6 Å². The molecule has 2 aromatic rings. The summed E-state index contributed by atoms with van der Waals surface area (Å²) in [6, 6.07) is 6.09. The minimum atomic E-state index is -1.28. The minimum absolute atomic E-state index is 0.134. The van der Waals surface area contributed by atoms with Crippen molar-refractivity contribution in [3.05, 3.63) is 42.4 Å². The van der Waals surface area contributed by atoms with Gasteiger partial charge in [-0.05, 0) is 12.1 Å². The standard InChI is InChI=1S/C13H12N4O4/c1-21-9-4-2-3-8(7-9)16-13(20)17-11-10(12(18)19)14-5-6-15-11/h2-7H,1H3,(H,18,19)(H2,15,16,17,20). The Morgan fingerprint density at radius 1 is 1.19 bits per heavy atom. The van der Waals surface area contributed by atoms with E-state index in [0.717, 1.165) is 0 Å². The highest BCUT2D eigenvalue weighted by atomic mass is 16.5. The van der Waals surface area contributed by atoms with Crippen molar-refractivity contribution in [2.75, 3.05) is 17.7 Å². The molecular formula is C13H12N4O4. The van der Waals surface area contributed by atoms with Gasteiger partial charge in [0, 0.05) is 24.1 Å². The number of urea groups is 1. The molecule has 0 aliphatic carbocycles. The number of aromatic nitrogens is 2. The number of methoxy groups -OCH3 is 1. The first kappa shape index (κ1) is 14.3. The average Bonchev–Trinajstić information content (AvgIpc) is 2.47. The molecule has 1 aromatic heterocycles. The minimum Gasteiger partial charge on any atom is -0.497 e. The molecule has 0 radical (unpaired) electrons. The summed E-state index contributed by atoms with van der Waals surface area (Å²) in [5, 5.41) is 13.8. The van der Waals surface area contributed by atoms with Crippen LogP contribution in [0, 0.1) is 0 Å². The Labute approximate surface area is 119 Å². The molecule has 0 aliphatic heterocycles. The third-order valence-electron chi connectivity index (χ3n) is 2.46. The van der Waals surface area contributed by atoms with Crippen LogP contribution >= 0.6 is 0 Å². The predicted octanol–water partition coefficient (Wildman–Crippen LogP) is 1.83. The monoisotopic (exact) mass is 288 g/mol. The maximum atomic E-state index is 11.8. The van der Waals surface area contributed by atoms with Gasteiger partial charge in [0.25, 0.3) is 0 Å². The molecule has 0 spiro atoms. The Hall–Kier alpha value is -3.16. The summed E-state index contributed by atoms with van der Waals surface area (Å²) in [5.74, 6) is -0.830. The number of rotatable bonds is 4. The summed E-state index contributed by atoms with van der Waals surface area (Å²) in [4.78, 5) is 30.2. The van der Waals surface area contributed by atoms with E-state index in [1.807, 2.05) is 0 Å². The zero-order chi connectivity index (χ0) is 15.2. The molecule has 108 valence electrons. The van der Waals surface area contributed by atoms with Crippen molar-refractivity contribution in [3.8, 4) is 5.75 Å². The van der Waals surface area contributed by atoms with E-state index in [1.54, 1.807) is 24.3 Å². The molecular weight excluding hydrogens is 276 g/mol. The van der Waals surface area contributed by atoms with E-state index < -0.39 is 12.0 Å². The van der Waals surface area contributed by atoms with Gasteiger partial charge in [0.2, 0.25) is 0 Å². The van der Waals surface area contributed by atoms with E-state index in [0.29, 0.717) is 11.4 Å². The molecule has 1 heterocycles. The SMILES string of the molecule is COc1cccc(NC(=O)Nc2nccnc2C(=O)O)c1. The molecule has 1 aromatic carbocycles.